The zero-order valence-corrected chi connectivity index (χ0v) is 34.0. The fourth-order valence-corrected chi connectivity index (χ4v) is 9.40. The first kappa shape index (κ1) is 36.4. The average Bonchev–Trinajstić information content (AvgIpc) is 3.68. The molecule has 296 valence electrons. The molecule has 0 atom stereocenters. The van der Waals surface area contributed by atoms with Gasteiger partial charge in [0.1, 0.15) is 0 Å². The summed E-state index contributed by atoms with van der Waals surface area (Å²) in [4.78, 5) is 15.5. The van der Waals surface area contributed by atoms with Crippen molar-refractivity contribution >= 4 is 0 Å². The van der Waals surface area contributed by atoms with Crippen molar-refractivity contribution in [2.24, 2.45) is 0 Å². The molecule has 1 aromatic heterocycles. The second-order valence-corrected chi connectivity index (χ2v) is 15.9. The number of aromatic nitrogens is 3. The first-order valence-electron chi connectivity index (χ1n) is 21.2. The maximum absolute atomic E-state index is 7.07. The van der Waals surface area contributed by atoms with Gasteiger partial charge in [0, 0.05) is 22.3 Å². The SMILES string of the molecule is c1ccc(-c2cccc(-c3nc(-c4cccc(-c5ccccc5)c4)nc(-c4ccc5c(c4)Oc4c(ccc6c4-c4ccccc4C6(c4ccccc4)c4ccccc4)O5)n3)c2)cc1. The second kappa shape index (κ2) is 14.9. The standard InChI is InChI=1S/C58H37N3O2/c1-5-17-38(18-6-1)40-21-15-23-42(35-40)55-59-56(43-24-16-22-41(36-43)39-19-7-2-8-20-39)61-57(60-55)44-31-33-50-52(37-44)63-54-51(62-50)34-32-49-53(54)47-29-13-14-30-48(47)58(49,45-25-9-3-10-26-45)46-27-11-4-12-28-46/h1-37H. The minimum atomic E-state index is -0.567. The van der Waals surface area contributed by atoms with Crippen LogP contribution < -0.4 is 9.47 Å². The molecule has 10 aromatic rings. The molecule has 0 amide bonds. The normalized spacial score (nSPS) is 12.8. The van der Waals surface area contributed by atoms with E-state index in [4.69, 9.17) is 24.4 Å². The third kappa shape index (κ3) is 6.13. The van der Waals surface area contributed by atoms with Crippen LogP contribution in [0, 0.1) is 0 Å². The van der Waals surface area contributed by atoms with E-state index < -0.39 is 5.41 Å². The van der Waals surface area contributed by atoms with Crippen LogP contribution in [0.3, 0.4) is 0 Å². The summed E-state index contributed by atoms with van der Waals surface area (Å²) in [6.45, 7) is 0. The van der Waals surface area contributed by atoms with Crippen LogP contribution in [0.25, 0.3) is 67.5 Å². The van der Waals surface area contributed by atoms with Gasteiger partial charge in [0.25, 0.3) is 0 Å². The van der Waals surface area contributed by atoms with Gasteiger partial charge in [-0.2, -0.15) is 0 Å². The lowest BCUT2D eigenvalue weighted by molar-refractivity contribution is 0.360. The first-order chi connectivity index (χ1) is 31.2. The molecule has 0 bridgehead atoms. The molecule has 0 unspecified atom stereocenters. The number of benzene rings is 9. The van der Waals surface area contributed by atoms with E-state index in [1.54, 1.807) is 0 Å². The predicted molar refractivity (Wildman–Crippen MR) is 251 cm³/mol. The molecule has 0 N–H and O–H groups in total. The van der Waals surface area contributed by atoms with Gasteiger partial charge in [0.05, 0.1) is 5.41 Å². The number of nitrogens with zero attached hydrogens (tertiary/aromatic N) is 3. The molecule has 1 aliphatic heterocycles. The summed E-state index contributed by atoms with van der Waals surface area (Å²) in [6, 6.07) is 77.9. The highest BCUT2D eigenvalue weighted by Gasteiger charge is 2.48. The van der Waals surface area contributed by atoms with Crippen molar-refractivity contribution in [2.45, 2.75) is 5.41 Å². The van der Waals surface area contributed by atoms with Crippen molar-refractivity contribution < 1.29 is 9.47 Å². The van der Waals surface area contributed by atoms with E-state index in [0.29, 0.717) is 40.5 Å². The minimum Gasteiger partial charge on any atom is -0.449 e. The van der Waals surface area contributed by atoms with Crippen LogP contribution in [0.2, 0.25) is 0 Å². The molecule has 0 spiro atoms. The van der Waals surface area contributed by atoms with Crippen molar-refractivity contribution in [3.8, 4) is 90.5 Å². The van der Waals surface area contributed by atoms with Gasteiger partial charge >= 0.3 is 0 Å². The third-order valence-corrected chi connectivity index (χ3v) is 12.3. The van der Waals surface area contributed by atoms with Crippen LogP contribution >= 0.6 is 0 Å². The summed E-state index contributed by atoms with van der Waals surface area (Å²) in [5.74, 6) is 4.24. The number of ether oxygens (including phenoxy) is 2. The molecule has 5 nitrogen and oxygen atoms in total. The predicted octanol–water partition coefficient (Wildman–Crippen LogP) is 14.5. The lowest BCUT2D eigenvalue weighted by Gasteiger charge is -2.34. The first-order valence-corrected chi connectivity index (χ1v) is 21.2. The van der Waals surface area contributed by atoms with Gasteiger partial charge in [0.15, 0.2) is 40.5 Å². The van der Waals surface area contributed by atoms with Gasteiger partial charge in [-0.1, -0.05) is 188 Å². The number of hydrogen-bond acceptors (Lipinski definition) is 5. The lowest BCUT2D eigenvalue weighted by Crippen LogP contribution is -2.28. The fourth-order valence-electron chi connectivity index (χ4n) is 9.40. The molecule has 63 heavy (non-hydrogen) atoms. The van der Waals surface area contributed by atoms with E-state index in [9.17, 15) is 0 Å². The smallest absolute Gasteiger partial charge is 0.178 e. The van der Waals surface area contributed by atoms with E-state index in [1.807, 2.05) is 30.3 Å². The highest BCUT2D eigenvalue weighted by Crippen LogP contribution is 2.62. The van der Waals surface area contributed by atoms with Crippen LogP contribution in [0.1, 0.15) is 22.3 Å². The third-order valence-electron chi connectivity index (χ3n) is 12.3. The lowest BCUT2D eigenvalue weighted by atomic mass is 9.68. The van der Waals surface area contributed by atoms with E-state index in [0.717, 1.165) is 55.6 Å². The van der Waals surface area contributed by atoms with Crippen molar-refractivity contribution in [3.05, 3.63) is 247 Å². The Balaban J connectivity index is 0.999. The summed E-state index contributed by atoms with van der Waals surface area (Å²) in [7, 11) is 0. The Hall–Kier alpha value is -8.41. The van der Waals surface area contributed by atoms with Gasteiger partial charge in [-0.25, -0.2) is 15.0 Å². The average molecular weight is 808 g/mol. The Kier molecular flexibility index (Phi) is 8.64. The van der Waals surface area contributed by atoms with E-state index in [1.165, 1.54) is 16.7 Å². The van der Waals surface area contributed by atoms with Gasteiger partial charge in [-0.3, -0.25) is 0 Å². The zero-order chi connectivity index (χ0) is 41.7. The molecule has 2 aliphatic rings. The molecule has 0 radical (unpaired) electrons. The maximum atomic E-state index is 7.07. The van der Waals surface area contributed by atoms with Crippen molar-refractivity contribution in [2.75, 3.05) is 0 Å². The molecule has 12 rings (SSSR count). The van der Waals surface area contributed by atoms with Gasteiger partial charge < -0.3 is 9.47 Å². The van der Waals surface area contributed by atoms with Crippen LogP contribution in [-0.4, -0.2) is 15.0 Å². The van der Waals surface area contributed by atoms with Gasteiger partial charge in [0.2, 0.25) is 0 Å². The zero-order valence-electron chi connectivity index (χ0n) is 34.0. The topological polar surface area (TPSA) is 57.1 Å². The van der Waals surface area contributed by atoms with Crippen LogP contribution in [0.5, 0.6) is 23.0 Å². The Labute approximate surface area is 365 Å². The molecule has 5 heteroatoms. The van der Waals surface area contributed by atoms with E-state index in [-0.39, 0.29) is 0 Å². The van der Waals surface area contributed by atoms with Crippen molar-refractivity contribution in [3.63, 3.8) is 0 Å². The summed E-state index contributed by atoms with van der Waals surface area (Å²) in [5, 5.41) is 0. The molecular weight excluding hydrogens is 771 g/mol. The van der Waals surface area contributed by atoms with Crippen LogP contribution in [0.4, 0.5) is 0 Å². The van der Waals surface area contributed by atoms with Crippen LogP contribution in [-0.2, 0) is 5.41 Å². The Morgan fingerprint density at radius 1 is 0.302 bits per heavy atom. The van der Waals surface area contributed by atoms with Crippen molar-refractivity contribution in [1.82, 2.24) is 15.0 Å². The second-order valence-electron chi connectivity index (χ2n) is 15.9. The molecule has 0 saturated heterocycles. The summed E-state index contributed by atoms with van der Waals surface area (Å²) < 4.78 is 13.8. The van der Waals surface area contributed by atoms with E-state index in [2.05, 4.69) is 194 Å². The molecule has 0 fully saturated rings. The van der Waals surface area contributed by atoms with Crippen LogP contribution in [0.15, 0.2) is 224 Å². The Bertz CT molecular complexity index is 3190. The Morgan fingerprint density at radius 3 is 1.33 bits per heavy atom. The summed E-state index contributed by atoms with van der Waals surface area (Å²) in [6.07, 6.45) is 0. The highest BCUT2D eigenvalue weighted by atomic mass is 16.6. The van der Waals surface area contributed by atoms with E-state index >= 15 is 0 Å². The molecule has 1 aliphatic carbocycles. The van der Waals surface area contributed by atoms with Gasteiger partial charge in [-0.05, 0) is 86.5 Å². The monoisotopic (exact) mass is 807 g/mol. The quantitative estimate of drug-likeness (QED) is 0.161. The number of rotatable bonds is 7. The Morgan fingerprint density at radius 2 is 0.762 bits per heavy atom. The largest absolute Gasteiger partial charge is 0.449 e. The van der Waals surface area contributed by atoms with Gasteiger partial charge in [-0.15, -0.1) is 0 Å². The fraction of sp³-hybridized carbons (Fsp3) is 0.0172. The molecule has 0 saturated carbocycles. The minimum absolute atomic E-state index is 0.526. The summed E-state index contributed by atoms with van der Waals surface area (Å²) in [5.41, 5.74) is 13.2. The molecule has 9 aromatic carbocycles. The molecular formula is C58H37N3O2. The molecule has 2 heterocycles. The highest BCUT2D eigenvalue weighted by molar-refractivity contribution is 5.92. The maximum Gasteiger partial charge on any atom is 0.178 e. The number of fused-ring (bicyclic) bond motifs is 6. The number of hydrogen-bond donors (Lipinski definition) is 0. The summed E-state index contributed by atoms with van der Waals surface area (Å²) >= 11 is 0. The van der Waals surface area contributed by atoms with Crippen molar-refractivity contribution in [1.29, 1.82) is 0 Å².